The number of benzene rings is 2. The van der Waals surface area contributed by atoms with Crippen molar-refractivity contribution in [2.75, 3.05) is 6.61 Å². The average Bonchev–Trinajstić information content (AvgIpc) is 2.96. The lowest BCUT2D eigenvalue weighted by molar-refractivity contribution is -0.274. The van der Waals surface area contributed by atoms with Crippen molar-refractivity contribution in [2.24, 2.45) is 0 Å². The molecule has 1 atom stereocenters. The maximum absolute atomic E-state index is 14.0. The van der Waals surface area contributed by atoms with Crippen LogP contribution in [0.1, 0.15) is 24.4 Å². The van der Waals surface area contributed by atoms with Crippen molar-refractivity contribution < 1.29 is 27.0 Å². The summed E-state index contributed by atoms with van der Waals surface area (Å²) in [5.74, 6) is -0.620. The van der Waals surface area contributed by atoms with Crippen molar-refractivity contribution in [2.45, 2.75) is 19.4 Å². The Morgan fingerprint density at radius 2 is 1.88 bits per heavy atom. The number of nitrogens with one attached hydrogen (secondary N) is 1. The van der Waals surface area contributed by atoms with Crippen molar-refractivity contribution >= 4 is 22.6 Å². The monoisotopic (exact) mass is 388 g/mol. The number of aromatic amines is 1. The van der Waals surface area contributed by atoms with E-state index in [9.17, 15) is 17.6 Å². The van der Waals surface area contributed by atoms with Gasteiger partial charge in [0.05, 0.1) is 5.52 Å². The van der Waals surface area contributed by atoms with Gasteiger partial charge in [-0.25, -0.2) is 9.37 Å². The number of alkyl halides is 3. The molecule has 3 rings (SSSR count). The minimum atomic E-state index is -4.77. The fourth-order valence-corrected chi connectivity index (χ4v) is 2.73. The first kappa shape index (κ1) is 18.5. The highest BCUT2D eigenvalue weighted by Gasteiger charge is 2.31. The lowest BCUT2D eigenvalue weighted by atomic mass is 10.1. The molecular formula is C17H13ClF4N2O2. The first-order valence-corrected chi connectivity index (χ1v) is 7.96. The molecule has 0 saturated carbocycles. The van der Waals surface area contributed by atoms with Gasteiger partial charge in [-0.2, -0.15) is 0 Å². The Hall–Kier alpha value is -2.32. The summed E-state index contributed by atoms with van der Waals surface area (Å²) in [4.78, 5) is 7.15. The molecule has 1 aromatic heterocycles. The molecule has 0 saturated heterocycles. The van der Waals surface area contributed by atoms with Crippen molar-refractivity contribution in [1.29, 1.82) is 0 Å². The van der Waals surface area contributed by atoms with Crippen molar-refractivity contribution in [3.8, 4) is 5.75 Å². The number of ether oxygens (including phenoxy) is 2. The van der Waals surface area contributed by atoms with Gasteiger partial charge in [-0.1, -0.05) is 23.7 Å². The Bertz CT molecular complexity index is 910. The lowest BCUT2D eigenvalue weighted by Crippen LogP contribution is -2.17. The molecule has 0 bridgehead atoms. The summed E-state index contributed by atoms with van der Waals surface area (Å²) in [6, 6.07) is 7.88. The fourth-order valence-electron chi connectivity index (χ4n) is 2.53. The van der Waals surface area contributed by atoms with Crippen molar-refractivity contribution in [3.63, 3.8) is 0 Å². The molecule has 2 aromatic carbocycles. The van der Waals surface area contributed by atoms with Gasteiger partial charge in [0.25, 0.3) is 0 Å². The molecule has 0 aliphatic rings. The lowest BCUT2D eigenvalue weighted by Gasteiger charge is -2.16. The van der Waals surface area contributed by atoms with Gasteiger partial charge in [0, 0.05) is 11.6 Å². The van der Waals surface area contributed by atoms with Crippen molar-refractivity contribution in [1.82, 2.24) is 9.97 Å². The SMILES string of the molecule is CCOC(c1ccc(OC(F)(F)F)cc1)c1nc2c(F)cc(Cl)cc2[nH]1. The zero-order valence-corrected chi connectivity index (χ0v) is 14.2. The summed E-state index contributed by atoms with van der Waals surface area (Å²) in [5.41, 5.74) is 1.03. The van der Waals surface area contributed by atoms with Crippen LogP contribution in [-0.4, -0.2) is 22.9 Å². The standard InChI is InChI=1S/C17H13ClF4N2O2/c1-2-25-15(9-3-5-11(6-4-9)26-17(20,21)22)16-23-13-8-10(18)7-12(19)14(13)24-16/h3-8,15H,2H2,1H3,(H,23,24). The molecular weight excluding hydrogens is 376 g/mol. The molecule has 0 aliphatic carbocycles. The number of H-pyrrole nitrogens is 1. The second-order valence-electron chi connectivity index (χ2n) is 5.36. The Kier molecular flexibility index (Phi) is 5.06. The molecule has 1 unspecified atom stereocenters. The molecule has 9 heteroatoms. The summed E-state index contributed by atoms with van der Waals surface area (Å²) in [6.07, 6.45) is -5.48. The van der Waals surface area contributed by atoms with Crippen LogP contribution in [0.25, 0.3) is 11.0 Å². The quantitative estimate of drug-likeness (QED) is 0.597. The van der Waals surface area contributed by atoms with Crippen molar-refractivity contribution in [3.05, 3.63) is 58.6 Å². The highest BCUT2D eigenvalue weighted by atomic mass is 35.5. The van der Waals surface area contributed by atoms with Crippen LogP contribution < -0.4 is 4.74 Å². The van der Waals surface area contributed by atoms with Gasteiger partial charge in [-0.05, 0) is 36.8 Å². The van der Waals surface area contributed by atoms with E-state index < -0.39 is 18.3 Å². The zero-order chi connectivity index (χ0) is 18.9. The number of halogens is 5. The van der Waals surface area contributed by atoms with Crippen LogP contribution in [-0.2, 0) is 4.74 Å². The number of hydrogen-bond acceptors (Lipinski definition) is 3. The first-order valence-electron chi connectivity index (χ1n) is 7.59. The van der Waals surface area contributed by atoms with Gasteiger partial charge in [0.2, 0.25) is 0 Å². The van der Waals surface area contributed by atoms with Gasteiger partial charge < -0.3 is 14.5 Å². The maximum atomic E-state index is 14.0. The molecule has 0 spiro atoms. The maximum Gasteiger partial charge on any atom is 0.573 e. The number of aromatic nitrogens is 2. The predicted molar refractivity (Wildman–Crippen MR) is 87.7 cm³/mol. The van der Waals surface area contributed by atoms with E-state index in [1.165, 1.54) is 30.3 Å². The Morgan fingerprint density at radius 1 is 1.19 bits per heavy atom. The van der Waals surface area contributed by atoms with Gasteiger partial charge in [-0.3, -0.25) is 0 Å². The smallest absolute Gasteiger partial charge is 0.406 e. The van der Waals surface area contributed by atoms with E-state index in [-0.39, 0.29) is 16.3 Å². The van der Waals surface area contributed by atoms with Crippen LogP contribution in [0.2, 0.25) is 5.02 Å². The molecule has 0 amide bonds. The van der Waals surface area contributed by atoms with Crippen LogP contribution >= 0.6 is 11.6 Å². The minimum absolute atomic E-state index is 0.103. The summed E-state index contributed by atoms with van der Waals surface area (Å²) in [5, 5.41) is 0.215. The average molecular weight is 389 g/mol. The molecule has 26 heavy (non-hydrogen) atoms. The largest absolute Gasteiger partial charge is 0.573 e. The second kappa shape index (κ2) is 7.13. The van der Waals surface area contributed by atoms with Crippen LogP contribution in [0.4, 0.5) is 17.6 Å². The number of fused-ring (bicyclic) bond motifs is 1. The van der Waals surface area contributed by atoms with E-state index in [4.69, 9.17) is 16.3 Å². The van der Waals surface area contributed by atoms with Gasteiger partial charge in [-0.15, -0.1) is 13.2 Å². The van der Waals surface area contributed by atoms with Gasteiger partial charge >= 0.3 is 6.36 Å². The molecule has 0 radical (unpaired) electrons. The third-order valence-electron chi connectivity index (χ3n) is 3.52. The third kappa shape index (κ3) is 4.08. The predicted octanol–water partition coefficient (Wildman–Crippen LogP) is 5.38. The topological polar surface area (TPSA) is 47.1 Å². The highest BCUT2D eigenvalue weighted by molar-refractivity contribution is 6.31. The molecule has 4 nitrogen and oxygen atoms in total. The van der Waals surface area contributed by atoms with Gasteiger partial charge in [0.15, 0.2) is 5.82 Å². The number of imidazole rings is 1. The van der Waals surface area contributed by atoms with Crippen LogP contribution in [0.3, 0.4) is 0 Å². The Labute approximate surface area is 150 Å². The zero-order valence-electron chi connectivity index (χ0n) is 13.4. The highest BCUT2D eigenvalue weighted by Crippen LogP contribution is 2.30. The molecule has 1 N–H and O–H groups in total. The fraction of sp³-hybridized carbons (Fsp3) is 0.235. The molecule has 3 aromatic rings. The number of hydrogen-bond donors (Lipinski definition) is 1. The first-order chi connectivity index (χ1) is 12.3. The Morgan fingerprint density at radius 3 is 2.50 bits per heavy atom. The van der Waals surface area contributed by atoms with E-state index in [0.29, 0.717) is 23.5 Å². The third-order valence-corrected chi connectivity index (χ3v) is 3.74. The van der Waals surface area contributed by atoms with E-state index in [2.05, 4.69) is 14.7 Å². The van der Waals surface area contributed by atoms with E-state index >= 15 is 0 Å². The van der Waals surface area contributed by atoms with Crippen LogP contribution in [0.5, 0.6) is 5.75 Å². The molecule has 0 aliphatic heterocycles. The van der Waals surface area contributed by atoms with E-state index in [1.54, 1.807) is 6.92 Å². The van der Waals surface area contributed by atoms with Gasteiger partial charge in [0.1, 0.15) is 23.2 Å². The minimum Gasteiger partial charge on any atom is -0.406 e. The Balaban J connectivity index is 1.95. The molecule has 1 heterocycles. The summed E-state index contributed by atoms with van der Waals surface area (Å²) < 4.78 is 60.3. The van der Waals surface area contributed by atoms with E-state index in [1.807, 2.05) is 0 Å². The number of rotatable bonds is 5. The van der Waals surface area contributed by atoms with Crippen LogP contribution in [0, 0.1) is 5.82 Å². The molecule has 0 fully saturated rings. The summed E-state index contributed by atoms with van der Waals surface area (Å²) in [6.45, 7) is 2.07. The molecule has 138 valence electrons. The summed E-state index contributed by atoms with van der Waals surface area (Å²) >= 11 is 5.84. The van der Waals surface area contributed by atoms with E-state index in [0.717, 1.165) is 6.07 Å². The van der Waals surface area contributed by atoms with Crippen LogP contribution in [0.15, 0.2) is 36.4 Å². The second-order valence-corrected chi connectivity index (χ2v) is 5.79. The number of nitrogens with zero attached hydrogens (tertiary/aromatic N) is 1. The summed E-state index contributed by atoms with van der Waals surface area (Å²) in [7, 11) is 0. The normalized spacial score (nSPS) is 13.2.